The lowest BCUT2D eigenvalue weighted by atomic mass is 10.1. The Bertz CT molecular complexity index is 641. The van der Waals surface area contributed by atoms with Gasteiger partial charge in [0.05, 0.1) is 19.9 Å². The Morgan fingerprint density at radius 1 is 1.45 bits per heavy atom. The Kier molecular flexibility index (Phi) is 5.11. The van der Waals surface area contributed by atoms with E-state index in [2.05, 4.69) is 10.3 Å². The van der Waals surface area contributed by atoms with Crippen LogP contribution in [-0.4, -0.2) is 45.4 Å². The van der Waals surface area contributed by atoms with Crippen molar-refractivity contribution in [3.63, 3.8) is 0 Å². The molecule has 0 aliphatic heterocycles. The van der Waals surface area contributed by atoms with Gasteiger partial charge in [0, 0.05) is 12.5 Å². The Balaban J connectivity index is 2.06. The molecule has 1 heterocycles. The molecule has 2 rings (SSSR count). The lowest BCUT2D eigenvalue weighted by Gasteiger charge is -2.18. The molecule has 2 atom stereocenters. The van der Waals surface area contributed by atoms with Crippen LogP contribution in [0.3, 0.4) is 0 Å². The van der Waals surface area contributed by atoms with E-state index < -0.39 is 18.2 Å². The van der Waals surface area contributed by atoms with Crippen LogP contribution in [0.25, 0.3) is 11.3 Å². The fourth-order valence-corrected chi connectivity index (χ4v) is 1.98. The predicted molar refractivity (Wildman–Crippen MR) is 79.2 cm³/mol. The van der Waals surface area contributed by atoms with E-state index in [1.807, 2.05) is 24.3 Å². The first-order valence-corrected chi connectivity index (χ1v) is 6.89. The van der Waals surface area contributed by atoms with Crippen molar-refractivity contribution < 1.29 is 19.4 Å². The standard InChI is InChI=1S/C15H19N3O4/c1-10(22-11(2)19)15(20)9-18-8-14(16-17-18)12-5-4-6-13(7-12)21-3/h4-8,10,15,20H,9H2,1-3H3. The summed E-state index contributed by atoms with van der Waals surface area (Å²) in [7, 11) is 1.60. The summed E-state index contributed by atoms with van der Waals surface area (Å²) >= 11 is 0. The number of esters is 1. The van der Waals surface area contributed by atoms with E-state index in [4.69, 9.17) is 9.47 Å². The number of aliphatic hydroxyl groups excluding tert-OH is 1. The number of aromatic nitrogens is 3. The normalized spacial score (nSPS) is 13.5. The summed E-state index contributed by atoms with van der Waals surface area (Å²) < 4.78 is 11.6. The van der Waals surface area contributed by atoms with Crippen molar-refractivity contribution in [2.45, 2.75) is 32.6 Å². The number of hydrogen-bond acceptors (Lipinski definition) is 6. The van der Waals surface area contributed by atoms with Crippen LogP contribution in [0.4, 0.5) is 0 Å². The van der Waals surface area contributed by atoms with Crippen molar-refractivity contribution in [1.82, 2.24) is 15.0 Å². The molecule has 0 aliphatic rings. The summed E-state index contributed by atoms with van der Waals surface area (Å²) in [5, 5.41) is 18.0. The highest BCUT2D eigenvalue weighted by molar-refractivity contribution is 5.66. The third kappa shape index (κ3) is 4.05. The van der Waals surface area contributed by atoms with Crippen molar-refractivity contribution in [3.05, 3.63) is 30.5 Å². The van der Waals surface area contributed by atoms with E-state index in [1.54, 1.807) is 20.2 Å². The molecule has 0 bridgehead atoms. The van der Waals surface area contributed by atoms with Gasteiger partial charge in [-0.1, -0.05) is 17.3 Å². The van der Waals surface area contributed by atoms with E-state index >= 15 is 0 Å². The summed E-state index contributed by atoms with van der Waals surface area (Å²) in [6, 6.07) is 7.46. The molecular weight excluding hydrogens is 286 g/mol. The number of ether oxygens (including phenoxy) is 2. The van der Waals surface area contributed by atoms with Crippen molar-refractivity contribution >= 4 is 5.97 Å². The summed E-state index contributed by atoms with van der Waals surface area (Å²) in [5.74, 6) is 0.303. The van der Waals surface area contributed by atoms with Gasteiger partial charge in [0.15, 0.2) is 0 Å². The fourth-order valence-electron chi connectivity index (χ4n) is 1.98. The van der Waals surface area contributed by atoms with Gasteiger partial charge in [-0.15, -0.1) is 5.10 Å². The molecule has 1 aromatic carbocycles. The van der Waals surface area contributed by atoms with E-state index in [0.29, 0.717) is 5.69 Å². The molecule has 0 amide bonds. The lowest BCUT2D eigenvalue weighted by Crippen LogP contribution is -2.31. The first kappa shape index (κ1) is 16.0. The van der Waals surface area contributed by atoms with E-state index in [9.17, 15) is 9.90 Å². The number of methoxy groups -OCH3 is 1. The van der Waals surface area contributed by atoms with Gasteiger partial charge in [-0.3, -0.25) is 4.79 Å². The number of aliphatic hydroxyl groups is 1. The third-order valence-electron chi connectivity index (χ3n) is 3.17. The zero-order valence-corrected chi connectivity index (χ0v) is 12.8. The maximum Gasteiger partial charge on any atom is 0.302 e. The highest BCUT2D eigenvalue weighted by Crippen LogP contribution is 2.21. The van der Waals surface area contributed by atoms with Crippen LogP contribution < -0.4 is 4.74 Å². The number of hydrogen-bond donors (Lipinski definition) is 1. The molecule has 0 spiro atoms. The van der Waals surface area contributed by atoms with Gasteiger partial charge in [-0.05, 0) is 19.1 Å². The molecular formula is C15H19N3O4. The summed E-state index contributed by atoms with van der Waals surface area (Å²) in [5.41, 5.74) is 1.54. The van der Waals surface area contributed by atoms with Crippen LogP contribution in [0.1, 0.15) is 13.8 Å². The SMILES string of the molecule is COc1cccc(-c2cn(CC(O)C(C)OC(C)=O)nn2)c1. The number of nitrogens with zero attached hydrogens (tertiary/aromatic N) is 3. The number of rotatable bonds is 6. The van der Waals surface area contributed by atoms with Gasteiger partial charge in [0.25, 0.3) is 0 Å². The van der Waals surface area contributed by atoms with Crippen LogP contribution in [0.2, 0.25) is 0 Å². The van der Waals surface area contributed by atoms with Gasteiger partial charge >= 0.3 is 5.97 Å². The summed E-state index contributed by atoms with van der Waals surface area (Å²) in [4.78, 5) is 10.9. The third-order valence-corrected chi connectivity index (χ3v) is 3.17. The van der Waals surface area contributed by atoms with Crippen molar-refractivity contribution in [2.24, 2.45) is 0 Å². The van der Waals surface area contributed by atoms with Gasteiger partial charge < -0.3 is 14.6 Å². The number of carbonyl (C=O) groups is 1. The van der Waals surface area contributed by atoms with Crippen LogP contribution in [0.15, 0.2) is 30.5 Å². The Hall–Kier alpha value is -2.41. The maximum atomic E-state index is 10.9. The predicted octanol–water partition coefficient (Wildman–Crippen LogP) is 1.27. The zero-order valence-electron chi connectivity index (χ0n) is 12.8. The second kappa shape index (κ2) is 7.04. The molecule has 7 heteroatoms. The van der Waals surface area contributed by atoms with Gasteiger partial charge in [-0.25, -0.2) is 4.68 Å². The summed E-state index contributed by atoms with van der Waals surface area (Å²) in [6.45, 7) is 3.12. The van der Waals surface area contributed by atoms with Crippen LogP contribution >= 0.6 is 0 Å². The molecule has 1 N–H and O–H groups in total. The van der Waals surface area contributed by atoms with Crippen LogP contribution in [-0.2, 0) is 16.1 Å². The second-order valence-electron chi connectivity index (χ2n) is 4.94. The topological polar surface area (TPSA) is 86.5 Å². The molecule has 118 valence electrons. The lowest BCUT2D eigenvalue weighted by molar-refractivity contribution is -0.151. The molecule has 0 aliphatic carbocycles. The molecule has 0 saturated heterocycles. The average molecular weight is 305 g/mol. The van der Waals surface area contributed by atoms with Crippen molar-refractivity contribution in [1.29, 1.82) is 0 Å². The molecule has 0 radical (unpaired) electrons. The largest absolute Gasteiger partial charge is 0.497 e. The zero-order chi connectivity index (χ0) is 16.1. The maximum absolute atomic E-state index is 10.9. The fraction of sp³-hybridized carbons (Fsp3) is 0.400. The molecule has 1 aromatic heterocycles. The van der Waals surface area contributed by atoms with E-state index in [1.165, 1.54) is 11.6 Å². The van der Waals surface area contributed by atoms with Crippen LogP contribution in [0, 0.1) is 0 Å². The second-order valence-corrected chi connectivity index (χ2v) is 4.94. The highest BCUT2D eigenvalue weighted by Gasteiger charge is 2.18. The monoisotopic (exact) mass is 305 g/mol. The van der Waals surface area contributed by atoms with E-state index in [-0.39, 0.29) is 6.54 Å². The van der Waals surface area contributed by atoms with Crippen molar-refractivity contribution in [2.75, 3.05) is 7.11 Å². The Labute approximate surface area is 128 Å². The first-order chi connectivity index (χ1) is 10.5. The summed E-state index contributed by atoms with van der Waals surface area (Å²) in [6.07, 6.45) is 0.254. The number of carbonyl (C=O) groups excluding carboxylic acids is 1. The molecule has 2 unspecified atom stereocenters. The minimum Gasteiger partial charge on any atom is -0.497 e. The molecule has 7 nitrogen and oxygen atoms in total. The highest BCUT2D eigenvalue weighted by atomic mass is 16.6. The average Bonchev–Trinajstić information content (AvgIpc) is 2.95. The molecule has 2 aromatic rings. The van der Waals surface area contributed by atoms with Crippen LogP contribution in [0.5, 0.6) is 5.75 Å². The first-order valence-electron chi connectivity index (χ1n) is 6.89. The minimum atomic E-state index is -0.858. The molecule has 0 saturated carbocycles. The Morgan fingerprint density at radius 2 is 2.23 bits per heavy atom. The van der Waals surface area contributed by atoms with Crippen molar-refractivity contribution in [3.8, 4) is 17.0 Å². The minimum absolute atomic E-state index is 0.186. The van der Waals surface area contributed by atoms with Gasteiger partial charge in [0.2, 0.25) is 0 Å². The van der Waals surface area contributed by atoms with Gasteiger partial charge in [-0.2, -0.15) is 0 Å². The molecule has 0 fully saturated rings. The Morgan fingerprint density at radius 3 is 2.91 bits per heavy atom. The quantitative estimate of drug-likeness (QED) is 0.809. The molecule has 22 heavy (non-hydrogen) atoms. The smallest absolute Gasteiger partial charge is 0.302 e. The van der Waals surface area contributed by atoms with Gasteiger partial charge in [0.1, 0.15) is 23.7 Å². The number of benzene rings is 1. The van der Waals surface area contributed by atoms with E-state index in [0.717, 1.165) is 11.3 Å².